The first-order chi connectivity index (χ1) is 13.2. The number of nitrogens with zero attached hydrogens (tertiary/aromatic N) is 4. The van der Waals surface area contributed by atoms with Crippen LogP contribution < -0.4 is 0 Å². The first-order valence-corrected chi connectivity index (χ1v) is 10.6. The summed E-state index contributed by atoms with van der Waals surface area (Å²) in [6, 6.07) is 6.86. The van der Waals surface area contributed by atoms with Crippen LogP contribution in [0.3, 0.4) is 0 Å². The average molecular weight is 385 g/mol. The van der Waals surface area contributed by atoms with Gasteiger partial charge in [0, 0.05) is 23.9 Å². The van der Waals surface area contributed by atoms with Crippen molar-refractivity contribution in [3.8, 4) is 6.07 Å². The van der Waals surface area contributed by atoms with Gasteiger partial charge in [0.15, 0.2) is 0 Å². The topological polar surface area (TPSA) is 73.0 Å². The standard InChI is InChI=1S/C20H24N4O2S/c1-25-12-26-15-9-20(10-15,17-8-7-16(11-21)27-17)19-23-22-18(13-3-2-4-13)24(19)14-5-6-14/h7-8,13-15H,2-6,9-10,12H2,1H3/t15-,20+. The average Bonchev–Trinajstić information content (AvgIpc) is 3.16. The van der Waals surface area contributed by atoms with Crippen LogP contribution in [0.5, 0.6) is 0 Å². The molecule has 0 aromatic carbocycles. The van der Waals surface area contributed by atoms with E-state index in [9.17, 15) is 5.26 Å². The van der Waals surface area contributed by atoms with Crippen LogP contribution in [0.15, 0.2) is 12.1 Å². The molecule has 0 saturated heterocycles. The Morgan fingerprint density at radius 3 is 2.67 bits per heavy atom. The van der Waals surface area contributed by atoms with Crippen molar-refractivity contribution in [3.05, 3.63) is 33.5 Å². The fraction of sp³-hybridized carbons (Fsp3) is 0.650. The Balaban J connectivity index is 1.54. The smallest absolute Gasteiger partial charge is 0.146 e. The Morgan fingerprint density at radius 1 is 1.26 bits per heavy atom. The van der Waals surface area contributed by atoms with Crippen LogP contribution in [0.2, 0.25) is 0 Å². The number of hydrogen-bond acceptors (Lipinski definition) is 6. The second-order valence-electron chi connectivity index (χ2n) is 8.07. The van der Waals surface area contributed by atoms with Gasteiger partial charge in [-0.1, -0.05) is 6.42 Å². The minimum atomic E-state index is -0.185. The quantitative estimate of drug-likeness (QED) is 0.677. The van der Waals surface area contributed by atoms with Gasteiger partial charge in [-0.15, -0.1) is 21.5 Å². The molecule has 7 heteroatoms. The molecule has 2 aromatic rings. The predicted octanol–water partition coefficient (Wildman–Crippen LogP) is 3.88. The van der Waals surface area contributed by atoms with E-state index >= 15 is 0 Å². The van der Waals surface area contributed by atoms with Crippen molar-refractivity contribution < 1.29 is 9.47 Å². The molecule has 0 amide bonds. The summed E-state index contributed by atoms with van der Waals surface area (Å²) >= 11 is 1.59. The van der Waals surface area contributed by atoms with Crippen molar-refractivity contribution in [3.63, 3.8) is 0 Å². The first-order valence-electron chi connectivity index (χ1n) is 9.81. The van der Waals surface area contributed by atoms with Crippen LogP contribution in [-0.2, 0) is 14.9 Å². The molecule has 3 aliphatic rings. The Bertz CT molecular complexity index is 869. The van der Waals surface area contributed by atoms with Gasteiger partial charge in [0.2, 0.25) is 0 Å². The predicted molar refractivity (Wildman–Crippen MR) is 101 cm³/mol. The lowest BCUT2D eigenvalue weighted by Crippen LogP contribution is -2.48. The van der Waals surface area contributed by atoms with Gasteiger partial charge in [-0.3, -0.25) is 0 Å². The number of thiophene rings is 1. The molecule has 3 fully saturated rings. The van der Waals surface area contributed by atoms with E-state index in [-0.39, 0.29) is 11.5 Å². The van der Waals surface area contributed by atoms with Crippen molar-refractivity contribution in [1.29, 1.82) is 5.26 Å². The van der Waals surface area contributed by atoms with E-state index in [1.807, 2.05) is 6.07 Å². The molecule has 0 radical (unpaired) electrons. The molecule has 0 unspecified atom stereocenters. The van der Waals surface area contributed by atoms with E-state index < -0.39 is 0 Å². The summed E-state index contributed by atoms with van der Waals surface area (Å²) < 4.78 is 13.4. The molecule has 0 aliphatic heterocycles. The van der Waals surface area contributed by atoms with Gasteiger partial charge >= 0.3 is 0 Å². The fourth-order valence-corrected chi connectivity index (χ4v) is 5.42. The Hall–Kier alpha value is -1.75. The summed E-state index contributed by atoms with van der Waals surface area (Å²) in [6.45, 7) is 0.317. The number of methoxy groups -OCH3 is 1. The zero-order chi connectivity index (χ0) is 18.4. The molecular formula is C20H24N4O2S. The van der Waals surface area contributed by atoms with Crippen molar-refractivity contribution in [2.75, 3.05) is 13.9 Å². The zero-order valence-electron chi connectivity index (χ0n) is 15.6. The van der Waals surface area contributed by atoms with Crippen molar-refractivity contribution in [2.45, 2.75) is 68.4 Å². The van der Waals surface area contributed by atoms with Crippen LogP contribution >= 0.6 is 11.3 Å². The van der Waals surface area contributed by atoms with E-state index in [4.69, 9.17) is 14.6 Å². The monoisotopic (exact) mass is 384 g/mol. The van der Waals surface area contributed by atoms with Crippen LogP contribution in [0.25, 0.3) is 0 Å². The van der Waals surface area contributed by atoms with Crippen molar-refractivity contribution >= 4 is 11.3 Å². The molecule has 2 heterocycles. The van der Waals surface area contributed by atoms with E-state index in [1.165, 1.54) is 42.8 Å². The lowest BCUT2D eigenvalue weighted by Gasteiger charge is -2.46. The minimum Gasteiger partial charge on any atom is -0.359 e. The molecule has 5 rings (SSSR count). The maximum atomic E-state index is 9.30. The molecule has 2 aromatic heterocycles. The number of rotatable bonds is 7. The highest BCUT2D eigenvalue weighted by molar-refractivity contribution is 7.12. The highest BCUT2D eigenvalue weighted by atomic mass is 32.1. The second-order valence-corrected chi connectivity index (χ2v) is 9.16. The van der Waals surface area contributed by atoms with Crippen LogP contribution in [-0.4, -0.2) is 34.8 Å². The summed E-state index contributed by atoms with van der Waals surface area (Å²) in [5.74, 6) is 2.86. The SMILES string of the molecule is COCO[C@H]1C[C@@](c2ccc(C#N)s2)(c2nnc(C3CCC3)n2C2CC2)C1. The molecule has 27 heavy (non-hydrogen) atoms. The minimum absolute atomic E-state index is 0.161. The van der Waals surface area contributed by atoms with Crippen LogP contribution in [0.4, 0.5) is 0 Å². The van der Waals surface area contributed by atoms with Gasteiger partial charge < -0.3 is 14.0 Å². The van der Waals surface area contributed by atoms with Gasteiger partial charge in [0.1, 0.15) is 29.4 Å². The number of hydrogen-bond donors (Lipinski definition) is 0. The summed E-state index contributed by atoms with van der Waals surface area (Å²) in [4.78, 5) is 1.97. The lowest BCUT2D eigenvalue weighted by molar-refractivity contribution is -0.116. The van der Waals surface area contributed by atoms with Crippen molar-refractivity contribution in [2.24, 2.45) is 0 Å². The fourth-order valence-electron chi connectivity index (χ4n) is 4.42. The normalized spacial score (nSPS) is 27.8. The number of aromatic nitrogens is 3. The Labute approximate surface area is 163 Å². The van der Waals surface area contributed by atoms with E-state index in [0.29, 0.717) is 18.8 Å². The molecule has 0 atom stereocenters. The highest BCUT2D eigenvalue weighted by Crippen LogP contribution is 2.54. The molecule has 6 nitrogen and oxygen atoms in total. The molecule has 142 valence electrons. The van der Waals surface area contributed by atoms with E-state index in [0.717, 1.165) is 23.5 Å². The van der Waals surface area contributed by atoms with Gasteiger partial charge in [-0.2, -0.15) is 5.26 Å². The van der Waals surface area contributed by atoms with E-state index in [1.54, 1.807) is 18.4 Å². The summed E-state index contributed by atoms with van der Waals surface area (Å²) in [5, 5.41) is 18.7. The number of nitriles is 1. The van der Waals surface area contributed by atoms with Gasteiger partial charge in [0.25, 0.3) is 0 Å². The largest absolute Gasteiger partial charge is 0.359 e. The molecule has 0 spiro atoms. The highest BCUT2D eigenvalue weighted by Gasteiger charge is 2.53. The molecule has 0 N–H and O–H groups in total. The molecule has 3 saturated carbocycles. The van der Waals surface area contributed by atoms with Crippen LogP contribution in [0, 0.1) is 11.3 Å². The Kier molecular flexibility index (Phi) is 4.30. The van der Waals surface area contributed by atoms with Crippen LogP contribution in [0.1, 0.15) is 78.3 Å². The molecular weight excluding hydrogens is 360 g/mol. The molecule has 3 aliphatic carbocycles. The third-order valence-corrected chi connectivity index (χ3v) is 7.49. The van der Waals surface area contributed by atoms with Crippen molar-refractivity contribution in [1.82, 2.24) is 14.8 Å². The second kappa shape index (κ2) is 6.69. The zero-order valence-corrected chi connectivity index (χ0v) is 16.4. The van der Waals surface area contributed by atoms with E-state index in [2.05, 4.69) is 21.8 Å². The lowest BCUT2D eigenvalue weighted by atomic mass is 9.65. The summed E-state index contributed by atoms with van der Waals surface area (Å²) in [5.41, 5.74) is -0.185. The van der Waals surface area contributed by atoms with Gasteiger partial charge in [-0.25, -0.2) is 0 Å². The van der Waals surface area contributed by atoms with Gasteiger partial charge in [0.05, 0.1) is 11.5 Å². The molecule has 0 bridgehead atoms. The maximum absolute atomic E-state index is 9.30. The summed E-state index contributed by atoms with van der Waals surface area (Å²) in [7, 11) is 1.65. The Morgan fingerprint density at radius 2 is 2.07 bits per heavy atom. The third kappa shape index (κ3) is 2.82. The first kappa shape index (κ1) is 17.4. The third-order valence-electron chi connectivity index (χ3n) is 6.29. The van der Waals surface area contributed by atoms with Gasteiger partial charge in [-0.05, 0) is 50.7 Å². The maximum Gasteiger partial charge on any atom is 0.146 e. The summed E-state index contributed by atoms with van der Waals surface area (Å²) in [6.07, 6.45) is 8.11. The number of ether oxygens (including phenoxy) is 2.